The lowest BCUT2D eigenvalue weighted by atomic mass is 9.96. The molecule has 1 aliphatic rings. The molecule has 1 fully saturated rings. The molecule has 0 bridgehead atoms. The van der Waals surface area contributed by atoms with Gasteiger partial charge in [-0.25, -0.2) is 13.4 Å². The van der Waals surface area contributed by atoms with Gasteiger partial charge in [-0.2, -0.15) is 9.30 Å². The number of nitrogens with two attached hydrogens (primary N) is 2. The Bertz CT molecular complexity index is 1110. The summed E-state index contributed by atoms with van der Waals surface area (Å²) in [5.74, 6) is 0.484. The van der Waals surface area contributed by atoms with Crippen LogP contribution in [-0.2, 0) is 14.8 Å². The van der Waals surface area contributed by atoms with Crippen molar-refractivity contribution in [1.29, 1.82) is 0 Å². The number of ether oxygens (including phenoxy) is 1. The minimum atomic E-state index is -3.88. The van der Waals surface area contributed by atoms with Crippen molar-refractivity contribution < 1.29 is 13.2 Å². The van der Waals surface area contributed by atoms with E-state index in [4.69, 9.17) is 27.8 Å². The molecule has 190 valence electrons. The van der Waals surface area contributed by atoms with E-state index in [2.05, 4.69) is 16.6 Å². The number of hydrogen-bond acceptors (Lipinski definition) is 5. The number of aliphatic imine (C=N–C) groups is 1. The standard InChI is InChI=1S/C20H26ClN5O3S.2C2H6/c1-4-29-13(2)20(9-5-6-10-20)26(3)30(27,28)14-7-8-15-16(11-14)18(25-19(22)23)24-12-17(15)21;2*1-2/h7-8,11-12H,2,4-6,9-10H2,1,3H3,(H4,22,23,24,25);2*1-2H3. The number of benzene rings is 1. The van der Waals surface area contributed by atoms with Gasteiger partial charge in [0.25, 0.3) is 0 Å². The van der Waals surface area contributed by atoms with Crippen molar-refractivity contribution in [3.05, 3.63) is 41.8 Å². The molecule has 34 heavy (non-hydrogen) atoms. The van der Waals surface area contributed by atoms with Gasteiger partial charge < -0.3 is 16.2 Å². The highest BCUT2D eigenvalue weighted by atomic mass is 35.5. The zero-order chi connectivity index (χ0) is 26.1. The summed E-state index contributed by atoms with van der Waals surface area (Å²) in [6.45, 7) is 14.3. The Balaban J connectivity index is 0.00000137. The van der Waals surface area contributed by atoms with E-state index in [1.165, 1.54) is 22.6 Å². The Labute approximate surface area is 209 Å². The average molecular weight is 512 g/mol. The van der Waals surface area contributed by atoms with E-state index >= 15 is 0 Å². The molecule has 1 heterocycles. The van der Waals surface area contributed by atoms with E-state index in [1.807, 2.05) is 34.6 Å². The molecule has 10 heteroatoms. The molecule has 2 aromatic rings. The SMILES string of the molecule is C=C(OCC)C1(N(C)S(=O)(=O)c2ccc3c(Cl)cnc(N=C(N)N)c3c2)CCCC1.CC.CC. The number of pyridine rings is 1. The number of sulfonamides is 1. The third-order valence-electron chi connectivity index (χ3n) is 5.55. The van der Waals surface area contributed by atoms with Crippen LogP contribution in [-0.4, -0.2) is 42.9 Å². The minimum Gasteiger partial charge on any atom is -0.497 e. The number of fused-ring (bicyclic) bond motifs is 1. The molecule has 0 atom stereocenters. The second kappa shape index (κ2) is 12.9. The molecule has 1 saturated carbocycles. The molecule has 0 radical (unpaired) electrons. The molecule has 0 unspecified atom stereocenters. The summed E-state index contributed by atoms with van der Waals surface area (Å²) >= 11 is 6.24. The molecule has 1 aliphatic carbocycles. The molecule has 0 amide bonds. The van der Waals surface area contributed by atoms with Crippen LogP contribution >= 0.6 is 11.6 Å². The smallest absolute Gasteiger partial charge is 0.243 e. The molecule has 1 aromatic heterocycles. The summed E-state index contributed by atoms with van der Waals surface area (Å²) in [6.07, 6.45) is 4.53. The molecule has 0 spiro atoms. The van der Waals surface area contributed by atoms with E-state index in [-0.39, 0.29) is 16.7 Å². The van der Waals surface area contributed by atoms with Crippen molar-refractivity contribution in [2.24, 2.45) is 16.5 Å². The quantitative estimate of drug-likeness (QED) is 0.294. The summed E-state index contributed by atoms with van der Waals surface area (Å²) in [5, 5.41) is 1.41. The lowest BCUT2D eigenvalue weighted by Gasteiger charge is -2.38. The van der Waals surface area contributed by atoms with Gasteiger partial charge in [-0.3, -0.25) is 0 Å². The van der Waals surface area contributed by atoms with Crippen molar-refractivity contribution in [2.45, 2.75) is 70.7 Å². The maximum absolute atomic E-state index is 13.6. The average Bonchev–Trinajstić information content (AvgIpc) is 3.34. The van der Waals surface area contributed by atoms with Crippen LogP contribution < -0.4 is 11.5 Å². The zero-order valence-corrected chi connectivity index (χ0v) is 22.6. The fourth-order valence-corrected chi connectivity index (χ4v) is 5.75. The number of likely N-dealkylation sites (N-methyl/N-ethyl adjacent to an activating group) is 1. The van der Waals surface area contributed by atoms with E-state index in [9.17, 15) is 8.42 Å². The summed E-state index contributed by atoms with van der Waals surface area (Å²) in [4.78, 5) is 8.22. The fourth-order valence-electron chi connectivity index (χ4n) is 3.97. The summed E-state index contributed by atoms with van der Waals surface area (Å²) in [6, 6.07) is 4.64. The number of hydrogen-bond donors (Lipinski definition) is 2. The number of guanidine groups is 1. The third-order valence-corrected chi connectivity index (χ3v) is 7.78. The van der Waals surface area contributed by atoms with Gasteiger partial charge in [0, 0.05) is 24.0 Å². The van der Waals surface area contributed by atoms with Crippen LogP contribution in [0.1, 0.15) is 60.3 Å². The van der Waals surface area contributed by atoms with Crippen molar-refractivity contribution in [3.8, 4) is 0 Å². The monoisotopic (exact) mass is 511 g/mol. The Morgan fingerprint density at radius 1 is 1.21 bits per heavy atom. The molecule has 8 nitrogen and oxygen atoms in total. The lowest BCUT2D eigenvalue weighted by Crippen LogP contribution is -2.49. The van der Waals surface area contributed by atoms with E-state index in [1.54, 1.807) is 13.1 Å². The highest BCUT2D eigenvalue weighted by molar-refractivity contribution is 7.89. The Morgan fingerprint density at radius 2 is 1.79 bits per heavy atom. The topological polar surface area (TPSA) is 124 Å². The van der Waals surface area contributed by atoms with Crippen LogP contribution in [0.25, 0.3) is 10.8 Å². The van der Waals surface area contributed by atoms with Crippen LogP contribution in [0.3, 0.4) is 0 Å². The first kappa shape index (κ1) is 29.7. The van der Waals surface area contributed by atoms with Gasteiger partial charge in [-0.05, 0) is 31.9 Å². The molecule has 4 N–H and O–H groups in total. The Hall–Kier alpha value is -2.36. The Kier molecular flexibility index (Phi) is 11.3. The molecule has 1 aromatic carbocycles. The third kappa shape index (κ3) is 6.00. The van der Waals surface area contributed by atoms with E-state index in [0.717, 1.165) is 12.8 Å². The van der Waals surface area contributed by atoms with E-state index in [0.29, 0.717) is 41.0 Å². The predicted molar refractivity (Wildman–Crippen MR) is 142 cm³/mol. The molecular weight excluding hydrogens is 474 g/mol. The number of rotatable bonds is 7. The first-order chi connectivity index (χ1) is 16.1. The second-order valence-corrected chi connectivity index (χ2v) is 9.62. The van der Waals surface area contributed by atoms with Gasteiger partial charge in [0.1, 0.15) is 5.76 Å². The van der Waals surface area contributed by atoms with Crippen LogP contribution in [0, 0.1) is 0 Å². The molecular formula is C24H38ClN5O3S. The fraction of sp³-hybridized carbons (Fsp3) is 0.500. The van der Waals surface area contributed by atoms with Crippen LogP contribution in [0.2, 0.25) is 5.02 Å². The van der Waals surface area contributed by atoms with Crippen LogP contribution in [0.5, 0.6) is 0 Å². The highest BCUT2D eigenvalue weighted by Gasteiger charge is 2.47. The van der Waals surface area contributed by atoms with Crippen molar-refractivity contribution in [3.63, 3.8) is 0 Å². The number of halogens is 1. The lowest BCUT2D eigenvalue weighted by molar-refractivity contribution is 0.123. The van der Waals surface area contributed by atoms with Crippen molar-refractivity contribution in [2.75, 3.05) is 13.7 Å². The van der Waals surface area contributed by atoms with Gasteiger partial charge in [0.2, 0.25) is 10.0 Å². The summed E-state index contributed by atoms with van der Waals surface area (Å²) < 4.78 is 34.2. The summed E-state index contributed by atoms with van der Waals surface area (Å²) in [5.41, 5.74) is 10.2. The van der Waals surface area contributed by atoms with Gasteiger partial charge in [0.05, 0.1) is 22.1 Å². The van der Waals surface area contributed by atoms with E-state index < -0.39 is 15.6 Å². The first-order valence-electron chi connectivity index (χ1n) is 11.6. The van der Waals surface area contributed by atoms with Gasteiger partial charge in [-0.15, -0.1) is 0 Å². The van der Waals surface area contributed by atoms with Gasteiger partial charge in [-0.1, -0.05) is 64.8 Å². The van der Waals surface area contributed by atoms with Crippen LogP contribution in [0.15, 0.2) is 46.6 Å². The largest absolute Gasteiger partial charge is 0.497 e. The summed E-state index contributed by atoms with van der Waals surface area (Å²) in [7, 11) is -2.31. The molecule has 0 saturated heterocycles. The van der Waals surface area contributed by atoms with Crippen LogP contribution in [0.4, 0.5) is 5.82 Å². The zero-order valence-electron chi connectivity index (χ0n) is 21.1. The van der Waals surface area contributed by atoms with Crippen molar-refractivity contribution >= 4 is 44.2 Å². The van der Waals surface area contributed by atoms with Gasteiger partial charge >= 0.3 is 0 Å². The van der Waals surface area contributed by atoms with Crippen molar-refractivity contribution in [1.82, 2.24) is 9.29 Å². The normalized spacial score (nSPS) is 14.5. The maximum Gasteiger partial charge on any atom is 0.243 e. The predicted octanol–water partition coefficient (Wildman–Crippen LogP) is 5.33. The maximum atomic E-state index is 13.6. The van der Waals surface area contributed by atoms with Gasteiger partial charge in [0.15, 0.2) is 11.8 Å². The second-order valence-electron chi connectivity index (χ2n) is 7.24. The first-order valence-corrected chi connectivity index (χ1v) is 13.4. The Morgan fingerprint density at radius 3 is 2.32 bits per heavy atom. The number of aromatic nitrogens is 1. The minimum absolute atomic E-state index is 0.0872. The highest BCUT2D eigenvalue weighted by Crippen LogP contribution is 2.43. The molecule has 3 rings (SSSR count). The number of nitrogens with zero attached hydrogens (tertiary/aromatic N) is 3. The molecule has 0 aliphatic heterocycles.